The molecule has 2 N–H and O–H groups in total. The molecule has 1 aromatic heterocycles. The second kappa shape index (κ2) is 10.8. The molecular formula is C31H32N4O3. The molecule has 7 nitrogen and oxygen atoms in total. The van der Waals surface area contributed by atoms with Gasteiger partial charge in [0.1, 0.15) is 6.54 Å². The number of carbonyl (C=O) groups is 2. The first-order chi connectivity index (χ1) is 18.7. The van der Waals surface area contributed by atoms with Crippen molar-refractivity contribution < 1.29 is 14.3 Å². The van der Waals surface area contributed by atoms with Crippen LogP contribution in [0.1, 0.15) is 33.9 Å². The van der Waals surface area contributed by atoms with Crippen LogP contribution in [-0.4, -0.2) is 72.5 Å². The summed E-state index contributed by atoms with van der Waals surface area (Å²) in [7, 11) is 0. The van der Waals surface area contributed by atoms with E-state index in [1.54, 1.807) is 4.90 Å². The van der Waals surface area contributed by atoms with Crippen molar-refractivity contribution in [3.63, 3.8) is 0 Å². The van der Waals surface area contributed by atoms with E-state index in [4.69, 9.17) is 4.74 Å². The smallest absolute Gasteiger partial charge is 0.255 e. The maximum Gasteiger partial charge on any atom is 0.255 e. The minimum Gasteiger partial charge on any atom is -0.379 e. The molecule has 6 rings (SSSR count). The number of amides is 2. The Morgan fingerprint density at radius 2 is 1.68 bits per heavy atom. The van der Waals surface area contributed by atoms with Crippen LogP contribution in [0.4, 0.5) is 0 Å². The van der Waals surface area contributed by atoms with Crippen LogP contribution in [0, 0.1) is 0 Å². The average Bonchev–Trinajstić information content (AvgIpc) is 3.47. The molecule has 0 radical (unpaired) electrons. The number of nitrogens with zero attached hydrogens (tertiary/aromatic N) is 2. The molecule has 3 heterocycles. The van der Waals surface area contributed by atoms with Gasteiger partial charge in [0.2, 0.25) is 5.91 Å². The number of aromatic amines is 1. The second-order valence-corrected chi connectivity index (χ2v) is 9.91. The first kappa shape index (κ1) is 24.4. The van der Waals surface area contributed by atoms with Crippen LogP contribution in [0.15, 0.2) is 78.9 Å². The molecule has 1 atom stereocenters. The number of hydrogen-bond acceptors (Lipinski definition) is 4. The third-order valence-corrected chi connectivity index (χ3v) is 7.53. The zero-order chi connectivity index (χ0) is 25.9. The standard InChI is InChI=1S/C31H32N4O3/c36-27(32-15-8-16-34-17-19-38-20-18-34)21-35-30(23-11-4-5-12-24(23)31(35)37)28-25-13-6-7-14-26(25)33-29(28)22-9-2-1-3-10-22/h1-7,9-14,30,33H,8,15-21H2,(H,32,36). The van der Waals surface area contributed by atoms with Crippen molar-refractivity contribution in [2.24, 2.45) is 0 Å². The molecule has 38 heavy (non-hydrogen) atoms. The van der Waals surface area contributed by atoms with Gasteiger partial charge in [-0.25, -0.2) is 0 Å². The molecule has 1 unspecified atom stereocenters. The van der Waals surface area contributed by atoms with Crippen molar-refractivity contribution in [3.8, 4) is 11.3 Å². The number of morpholine rings is 1. The minimum atomic E-state index is -0.371. The van der Waals surface area contributed by atoms with Crippen LogP contribution in [0.5, 0.6) is 0 Å². The Morgan fingerprint density at radius 1 is 0.947 bits per heavy atom. The van der Waals surface area contributed by atoms with Crippen molar-refractivity contribution in [2.75, 3.05) is 45.9 Å². The lowest BCUT2D eigenvalue weighted by molar-refractivity contribution is -0.122. The highest BCUT2D eigenvalue weighted by Crippen LogP contribution is 2.45. The van der Waals surface area contributed by atoms with Gasteiger partial charge in [-0.15, -0.1) is 0 Å². The molecule has 3 aromatic carbocycles. The zero-order valence-electron chi connectivity index (χ0n) is 21.4. The van der Waals surface area contributed by atoms with E-state index in [-0.39, 0.29) is 24.4 Å². The Morgan fingerprint density at radius 3 is 2.53 bits per heavy atom. The lowest BCUT2D eigenvalue weighted by Gasteiger charge is -2.27. The molecule has 1 fully saturated rings. The monoisotopic (exact) mass is 508 g/mol. The lowest BCUT2D eigenvalue weighted by Crippen LogP contribution is -2.41. The van der Waals surface area contributed by atoms with Gasteiger partial charge in [0.25, 0.3) is 5.91 Å². The van der Waals surface area contributed by atoms with Crippen molar-refractivity contribution in [3.05, 3.63) is 95.6 Å². The number of benzene rings is 3. The first-order valence-corrected chi connectivity index (χ1v) is 13.3. The van der Waals surface area contributed by atoms with E-state index < -0.39 is 0 Å². The summed E-state index contributed by atoms with van der Waals surface area (Å²) in [6.45, 7) is 4.92. The number of para-hydroxylation sites is 1. The van der Waals surface area contributed by atoms with E-state index in [1.165, 1.54) is 0 Å². The molecule has 0 aliphatic carbocycles. The highest BCUT2D eigenvalue weighted by molar-refractivity contribution is 6.03. The van der Waals surface area contributed by atoms with E-state index >= 15 is 0 Å². The molecule has 1 saturated heterocycles. The van der Waals surface area contributed by atoms with Gasteiger partial charge in [-0.3, -0.25) is 14.5 Å². The van der Waals surface area contributed by atoms with Crippen LogP contribution in [-0.2, 0) is 9.53 Å². The quantitative estimate of drug-likeness (QED) is 0.350. The lowest BCUT2D eigenvalue weighted by atomic mass is 9.93. The minimum absolute atomic E-state index is 0.00344. The molecule has 2 aliphatic heterocycles. The Bertz CT molecular complexity index is 1440. The number of H-pyrrole nitrogens is 1. The van der Waals surface area contributed by atoms with Gasteiger partial charge >= 0.3 is 0 Å². The number of fused-ring (bicyclic) bond motifs is 2. The van der Waals surface area contributed by atoms with Crippen LogP contribution in [0.25, 0.3) is 22.2 Å². The number of rotatable bonds is 8. The van der Waals surface area contributed by atoms with Gasteiger partial charge in [0.15, 0.2) is 0 Å². The summed E-state index contributed by atoms with van der Waals surface area (Å²) in [4.78, 5) is 34.5. The molecule has 0 saturated carbocycles. The predicted octanol–water partition coefficient (Wildman–Crippen LogP) is 4.22. The average molecular weight is 509 g/mol. The topological polar surface area (TPSA) is 77.7 Å². The maximum atomic E-state index is 13.7. The van der Waals surface area contributed by atoms with E-state index in [0.29, 0.717) is 12.1 Å². The zero-order valence-corrected chi connectivity index (χ0v) is 21.4. The van der Waals surface area contributed by atoms with Crippen LogP contribution < -0.4 is 5.32 Å². The molecule has 7 heteroatoms. The summed E-state index contributed by atoms with van der Waals surface area (Å²) in [5.74, 6) is -0.252. The van der Waals surface area contributed by atoms with Crippen LogP contribution in [0.3, 0.4) is 0 Å². The van der Waals surface area contributed by atoms with Gasteiger partial charge in [0.05, 0.1) is 24.9 Å². The summed E-state index contributed by atoms with van der Waals surface area (Å²) in [6, 6.07) is 25.7. The third-order valence-electron chi connectivity index (χ3n) is 7.53. The number of ether oxygens (including phenoxy) is 1. The highest BCUT2D eigenvalue weighted by Gasteiger charge is 2.40. The van der Waals surface area contributed by atoms with Gasteiger partial charge in [-0.2, -0.15) is 0 Å². The fourth-order valence-electron chi connectivity index (χ4n) is 5.69. The van der Waals surface area contributed by atoms with Crippen molar-refractivity contribution >= 4 is 22.7 Å². The molecule has 194 valence electrons. The molecule has 4 aromatic rings. The Hall–Kier alpha value is -3.94. The van der Waals surface area contributed by atoms with Gasteiger partial charge in [0, 0.05) is 41.7 Å². The maximum absolute atomic E-state index is 13.7. The van der Waals surface area contributed by atoms with Crippen molar-refractivity contribution in [1.82, 2.24) is 20.1 Å². The first-order valence-electron chi connectivity index (χ1n) is 13.3. The van der Waals surface area contributed by atoms with E-state index in [0.717, 1.165) is 72.6 Å². The van der Waals surface area contributed by atoms with Crippen molar-refractivity contribution in [2.45, 2.75) is 12.5 Å². The molecule has 0 spiro atoms. The number of carbonyl (C=O) groups excluding carboxylic acids is 2. The van der Waals surface area contributed by atoms with E-state index in [1.807, 2.05) is 54.6 Å². The van der Waals surface area contributed by atoms with Gasteiger partial charge < -0.3 is 19.9 Å². The summed E-state index contributed by atoms with van der Waals surface area (Å²) in [5.41, 5.74) is 5.62. The fourth-order valence-corrected chi connectivity index (χ4v) is 5.69. The molecular weight excluding hydrogens is 476 g/mol. The van der Waals surface area contributed by atoms with Crippen molar-refractivity contribution in [1.29, 1.82) is 0 Å². The Balaban J connectivity index is 1.29. The van der Waals surface area contributed by atoms with Gasteiger partial charge in [-0.1, -0.05) is 66.7 Å². The summed E-state index contributed by atoms with van der Waals surface area (Å²) < 4.78 is 5.41. The van der Waals surface area contributed by atoms with Crippen LogP contribution in [0.2, 0.25) is 0 Å². The largest absolute Gasteiger partial charge is 0.379 e. The highest BCUT2D eigenvalue weighted by atomic mass is 16.5. The normalized spacial score (nSPS) is 17.6. The molecule has 2 amide bonds. The predicted molar refractivity (Wildman–Crippen MR) is 148 cm³/mol. The Labute approximate surface area is 222 Å². The summed E-state index contributed by atoms with van der Waals surface area (Å²) in [5, 5.41) is 4.10. The summed E-state index contributed by atoms with van der Waals surface area (Å²) >= 11 is 0. The SMILES string of the molecule is O=C(CN1C(=O)c2ccccc2C1c1c(-c2ccccc2)[nH]c2ccccc12)NCCCN1CCOCC1. The number of nitrogens with one attached hydrogen (secondary N) is 2. The number of aromatic nitrogens is 1. The molecule has 2 aliphatic rings. The second-order valence-electron chi connectivity index (χ2n) is 9.91. The summed E-state index contributed by atoms with van der Waals surface area (Å²) in [6.07, 6.45) is 0.865. The van der Waals surface area contributed by atoms with Crippen LogP contribution >= 0.6 is 0 Å². The van der Waals surface area contributed by atoms with E-state index in [2.05, 4.69) is 39.5 Å². The Kier molecular flexibility index (Phi) is 6.94. The third kappa shape index (κ3) is 4.71. The molecule has 0 bridgehead atoms. The fraction of sp³-hybridized carbons (Fsp3) is 0.290. The van der Waals surface area contributed by atoms with E-state index in [9.17, 15) is 9.59 Å². The number of hydrogen-bond donors (Lipinski definition) is 2. The van der Waals surface area contributed by atoms with Gasteiger partial charge in [-0.05, 0) is 36.2 Å².